The van der Waals surface area contributed by atoms with Crippen molar-refractivity contribution in [1.29, 1.82) is 0 Å². The maximum Gasteiger partial charge on any atom is 0.254 e. The van der Waals surface area contributed by atoms with Gasteiger partial charge in [0.25, 0.3) is 5.91 Å². The van der Waals surface area contributed by atoms with Crippen LogP contribution in [-0.2, 0) is 0 Å². The standard InChI is InChI=1S/C21H21N3O2/c22-21(26)18-14-24(19-7-3-2-6-17(19)20(18)25)16-10-8-15(9-11-16)23-12-4-1-5-13-23/h2-3,6-11,14H,1,4-5,12-13H2,(H2,22,26). The Labute approximate surface area is 151 Å². The largest absolute Gasteiger partial charge is 0.372 e. The molecule has 2 N–H and O–H groups in total. The number of pyridine rings is 1. The molecule has 0 bridgehead atoms. The smallest absolute Gasteiger partial charge is 0.254 e. The van der Waals surface area contributed by atoms with Gasteiger partial charge in [-0.1, -0.05) is 12.1 Å². The molecule has 0 radical (unpaired) electrons. The second kappa shape index (κ2) is 6.67. The number of hydrogen-bond donors (Lipinski definition) is 1. The number of aromatic nitrogens is 1. The van der Waals surface area contributed by atoms with Crippen LogP contribution in [0.1, 0.15) is 29.6 Å². The lowest BCUT2D eigenvalue weighted by Gasteiger charge is -2.29. The van der Waals surface area contributed by atoms with Crippen LogP contribution in [0.4, 0.5) is 5.69 Å². The quantitative estimate of drug-likeness (QED) is 0.792. The number of fused-ring (bicyclic) bond motifs is 1. The number of carbonyl (C=O) groups is 1. The summed E-state index contributed by atoms with van der Waals surface area (Å²) in [6.45, 7) is 2.18. The minimum Gasteiger partial charge on any atom is -0.372 e. The Kier molecular flexibility index (Phi) is 4.21. The van der Waals surface area contributed by atoms with Crippen molar-refractivity contribution in [3.8, 4) is 5.69 Å². The molecule has 1 aromatic heterocycles. The predicted octanol–water partition coefficient (Wildman–Crippen LogP) is 3.08. The molecule has 5 heteroatoms. The molecule has 1 aliphatic heterocycles. The lowest BCUT2D eigenvalue weighted by Crippen LogP contribution is -2.29. The summed E-state index contributed by atoms with van der Waals surface area (Å²) in [7, 11) is 0. The van der Waals surface area contributed by atoms with Gasteiger partial charge in [-0.3, -0.25) is 9.59 Å². The van der Waals surface area contributed by atoms with E-state index < -0.39 is 5.91 Å². The predicted molar refractivity (Wildman–Crippen MR) is 104 cm³/mol. The highest BCUT2D eigenvalue weighted by molar-refractivity contribution is 5.96. The lowest BCUT2D eigenvalue weighted by atomic mass is 10.1. The number of nitrogens with zero attached hydrogens (tertiary/aromatic N) is 2. The summed E-state index contributed by atoms with van der Waals surface area (Å²) in [4.78, 5) is 26.6. The highest BCUT2D eigenvalue weighted by Gasteiger charge is 2.14. The first kappa shape index (κ1) is 16.4. The number of anilines is 1. The third-order valence-electron chi connectivity index (χ3n) is 5.03. The molecular weight excluding hydrogens is 326 g/mol. The number of amides is 1. The molecular formula is C21H21N3O2. The van der Waals surface area contributed by atoms with Crippen molar-refractivity contribution in [1.82, 2.24) is 4.57 Å². The molecule has 1 amide bonds. The summed E-state index contributed by atoms with van der Waals surface area (Å²) in [6, 6.07) is 15.5. The number of carbonyl (C=O) groups excluding carboxylic acids is 1. The fraction of sp³-hybridized carbons (Fsp3) is 0.238. The van der Waals surface area contributed by atoms with Crippen LogP contribution in [0.2, 0.25) is 0 Å². The van der Waals surface area contributed by atoms with E-state index in [1.54, 1.807) is 18.3 Å². The average Bonchev–Trinajstić information content (AvgIpc) is 2.69. The summed E-state index contributed by atoms with van der Waals surface area (Å²) in [5, 5.41) is 0.490. The van der Waals surface area contributed by atoms with Gasteiger partial charge < -0.3 is 15.2 Å². The van der Waals surface area contributed by atoms with Gasteiger partial charge in [-0.25, -0.2) is 0 Å². The molecule has 3 aromatic rings. The maximum atomic E-state index is 12.5. The Balaban J connectivity index is 1.82. The van der Waals surface area contributed by atoms with Gasteiger partial charge in [0.2, 0.25) is 5.43 Å². The number of piperidine rings is 1. The van der Waals surface area contributed by atoms with Crippen molar-refractivity contribution in [3.63, 3.8) is 0 Å². The van der Waals surface area contributed by atoms with E-state index in [-0.39, 0.29) is 11.0 Å². The number of primary amides is 1. The van der Waals surface area contributed by atoms with Crippen molar-refractivity contribution in [3.05, 3.63) is 70.5 Å². The van der Waals surface area contributed by atoms with Crippen LogP contribution >= 0.6 is 0 Å². The van der Waals surface area contributed by atoms with Crippen LogP contribution in [-0.4, -0.2) is 23.6 Å². The fourth-order valence-electron chi connectivity index (χ4n) is 3.64. The summed E-state index contributed by atoms with van der Waals surface area (Å²) < 4.78 is 1.86. The molecule has 1 aliphatic rings. The maximum absolute atomic E-state index is 12.5. The first-order valence-corrected chi connectivity index (χ1v) is 8.95. The normalized spacial score (nSPS) is 14.5. The Morgan fingerprint density at radius 3 is 2.23 bits per heavy atom. The summed E-state index contributed by atoms with van der Waals surface area (Å²) in [5.74, 6) is -0.709. The van der Waals surface area contributed by atoms with Crippen LogP contribution < -0.4 is 16.1 Å². The van der Waals surface area contributed by atoms with Crippen LogP contribution in [0.25, 0.3) is 16.6 Å². The number of benzene rings is 2. The van der Waals surface area contributed by atoms with E-state index >= 15 is 0 Å². The molecule has 132 valence electrons. The van der Waals surface area contributed by atoms with Gasteiger partial charge in [0.15, 0.2) is 0 Å². The van der Waals surface area contributed by atoms with E-state index in [0.717, 1.165) is 24.3 Å². The molecule has 0 atom stereocenters. The molecule has 2 aromatic carbocycles. The van der Waals surface area contributed by atoms with Crippen molar-refractivity contribution >= 4 is 22.5 Å². The van der Waals surface area contributed by atoms with Gasteiger partial charge in [-0.2, -0.15) is 0 Å². The highest BCUT2D eigenvalue weighted by atomic mass is 16.2. The lowest BCUT2D eigenvalue weighted by molar-refractivity contribution is 0.0999. The Hall–Kier alpha value is -3.08. The fourth-order valence-corrected chi connectivity index (χ4v) is 3.64. The molecule has 0 aliphatic carbocycles. The van der Waals surface area contributed by atoms with Crippen molar-refractivity contribution in [2.45, 2.75) is 19.3 Å². The molecule has 2 heterocycles. The second-order valence-corrected chi connectivity index (χ2v) is 6.69. The van der Waals surface area contributed by atoms with E-state index in [2.05, 4.69) is 17.0 Å². The minimum atomic E-state index is -0.709. The number of rotatable bonds is 3. The molecule has 5 nitrogen and oxygen atoms in total. The third kappa shape index (κ3) is 2.86. The van der Waals surface area contributed by atoms with Crippen molar-refractivity contribution in [2.75, 3.05) is 18.0 Å². The second-order valence-electron chi connectivity index (χ2n) is 6.69. The van der Waals surface area contributed by atoms with Crippen molar-refractivity contribution < 1.29 is 4.79 Å². The van der Waals surface area contributed by atoms with Crippen LogP contribution in [0.3, 0.4) is 0 Å². The van der Waals surface area contributed by atoms with Crippen LogP contribution in [0, 0.1) is 0 Å². The van der Waals surface area contributed by atoms with E-state index in [9.17, 15) is 9.59 Å². The van der Waals surface area contributed by atoms with Gasteiger partial charge in [0.05, 0.1) is 5.52 Å². The van der Waals surface area contributed by atoms with Gasteiger partial charge in [0.1, 0.15) is 5.56 Å². The summed E-state index contributed by atoms with van der Waals surface area (Å²) >= 11 is 0. The van der Waals surface area contributed by atoms with Crippen molar-refractivity contribution in [2.24, 2.45) is 5.73 Å². The molecule has 0 saturated carbocycles. The third-order valence-corrected chi connectivity index (χ3v) is 5.03. The Morgan fingerprint density at radius 2 is 1.54 bits per heavy atom. The van der Waals surface area contributed by atoms with Gasteiger partial charge in [0, 0.05) is 36.0 Å². The minimum absolute atomic E-state index is 0.00353. The topological polar surface area (TPSA) is 68.3 Å². The highest BCUT2D eigenvalue weighted by Crippen LogP contribution is 2.23. The first-order valence-electron chi connectivity index (χ1n) is 8.95. The molecule has 4 rings (SSSR count). The first-order chi connectivity index (χ1) is 12.6. The molecule has 1 saturated heterocycles. The molecule has 0 unspecified atom stereocenters. The number of para-hydroxylation sites is 1. The molecule has 0 spiro atoms. The van der Waals surface area contributed by atoms with Gasteiger partial charge in [-0.15, -0.1) is 0 Å². The zero-order valence-corrected chi connectivity index (χ0v) is 14.5. The number of hydrogen-bond acceptors (Lipinski definition) is 3. The number of nitrogens with two attached hydrogens (primary N) is 1. The summed E-state index contributed by atoms with van der Waals surface area (Å²) in [6.07, 6.45) is 5.30. The monoisotopic (exact) mass is 347 g/mol. The van der Waals surface area contributed by atoms with Gasteiger partial charge in [-0.05, 0) is 55.7 Å². The van der Waals surface area contributed by atoms with Crippen LogP contribution in [0.5, 0.6) is 0 Å². The summed E-state index contributed by atoms with van der Waals surface area (Å²) in [5.41, 5.74) is 7.95. The van der Waals surface area contributed by atoms with Gasteiger partial charge >= 0.3 is 0 Å². The SMILES string of the molecule is NC(=O)c1cn(-c2ccc(N3CCCCC3)cc2)c2ccccc2c1=O. The zero-order valence-electron chi connectivity index (χ0n) is 14.5. The van der Waals surface area contributed by atoms with E-state index in [4.69, 9.17) is 5.73 Å². The average molecular weight is 347 g/mol. The Bertz CT molecular complexity index is 1020. The Morgan fingerprint density at radius 1 is 0.885 bits per heavy atom. The van der Waals surface area contributed by atoms with Crippen LogP contribution in [0.15, 0.2) is 59.5 Å². The van der Waals surface area contributed by atoms with E-state index in [1.807, 2.05) is 28.8 Å². The molecule has 1 fully saturated rings. The van der Waals surface area contributed by atoms with E-state index in [0.29, 0.717) is 5.39 Å². The zero-order chi connectivity index (χ0) is 18.1. The molecule has 26 heavy (non-hydrogen) atoms. The van der Waals surface area contributed by atoms with E-state index in [1.165, 1.54) is 24.9 Å².